The number of phosphoric acid groups is 1. The van der Waals surface area contributed by atoms with Gasteiger partial charge in [0.15, 0.2) is 6.29 Å². The Morgan fingerprint density at radius 1 is 1.17 bits per heavy atom. The average molecular weight is 308 g/mol. The molecule has 0 rings (SSSR count). The van der Waals surface area contributed by atoms with Crippen LogP contribution in [0.15, 0.2) is 0 Å². The number of aldehydes is 1. The van der Waals surface area contributed by atoms with Crippen molar-refractivity contribution in [3.63, 3.8) is 0 Å². The first kappa shape index (κ1) is 20.3. The first-order valence-electron chi connectivity index (χ1n) is 4.59. The lowest BCUT2D eigenvalue weighted by Gasteiger charge is -2.18. The fourth-order valence-electron chi connectivity index (χ4n) is 0.675. The highest BCUT2D eigenvalue weighted by Gasteiger charge is 2.23. The van der Waals surface area contributed by atoms with E-state index in [1.165, 1.54) is 11.8 Å². The quantitative estimate of drug-likeness (QED) is 0.146. The smallest absolute Gasteiger partial charge is 0.396 e. The number of aliphatic hydroxyl groups excluding tert-OH is 4. The molecule has 0 radical (unpaired) electrons. The van der Waals surface area contributed by atoms with Gasteiger partial charge in [0.25, 0.3) is 0 Å². The number of carbonyl (C=O) groups excluding carboxylic acids is 1. The Morgan fingerprint density at radius 2 is 1.61 bits per heavy atom. The van der Waals surface area contributed by atoms with Crippen LogP contribution in [-0.4, -0.2) is 77.8 Å². The molecule has 9 nitrogen and oxygen atoms in total. The minimum atomic E-state index is -4.64. The standard InChI is InChI=1S/C7H14O5S.H3O4P/c8-1-2-13-4-6(11)7(12)5(10)3-9;1-5(2,3)4/h3,5-8,10-12H,1-2,4H2;(H3,1,2,3,4)/t5-,6+,7-;/m0./s1. The largest absolute Gasteiger partial charge is 0.466 e. The molecule has 18 heavy (non-hydrogen) atoms. The summed E-state index contributed by atoms with van der Waals surface area (Å²) in [5.41, 5.74) is 0. The van der Waals surface area contributed by atoms with Crippen LogP contribution in [0.3, 0.4) is 0 Å². The molecule has 0 saturated heterocycles. The molecule has 11 heteroatoms. The Balaban J connectivity index is 0. The maximum absolute atomic E-state index is 10.0. The molecule has 0 bridgehead atoms. The van der Waals surface area contributed by atoms with E-state index in [-0.39, 0.29) is 18.6 Å². The molecule has 0 aliphatic rings. The molecule has 110 valence electrons. The molecule has 0 amide bonds. The van der Waals surface area contributed by atoms with E-state index >= 15 is 0 Å². The van der Waals surface area contributed by atoms with Gasteiger partial charge >= 0.3 is 7.82 Å². The van der Waals surface area contributed by atoms with Crippen molar-refractivity contribution < 1.29 is 44.5 Å². The highest BCUT2D eigenvalue weighted by atomic mass is 32.2. The first-order valence-corrected chi connectivity index (χ1v) is 7.31. The van der Waals surface area contributed by atoms with Gasteiger partial charge in [-0.15, -0.1) is 0 Å². The zero-order valence-electron chi connectivity index (χ0n) is 9.23. The van der Waals surface area contributed by atoms with Crippen molar-refractivity contribution in [2.24, 2.45) is 0 Å². The molecule has 0 aromatic heterocycles. The van der Waals surface area contributed by atoms with Gasteiger partial charge in [-0.05, 0) is 0 Å². The predicted molar refractivity (Wildman–Crippen MR) is 62.8 cm³/mol. The summed E-state index contributed by atoms with van der Waals surface area (Å²) in [5, 5.41) is 35.5. The molecule has 0 spiro atoms. The zero-order chi connectivity index (χ0) is 14.8. The van der Waals surface area contributed by atoms with E-state index in [9.17, 15) is 9.90 Å². The van der Waals surface area contributed by atoms with Crippen LogP contribution < -0.4 is 0 Å². The highest BCUT2D eigenvalue weighted by Crippen LogP contribution is 2.25. The van der Waals surface area contributed by atoms with E-state index < -0.39 is 26.1 Å². The van der Waals surface area contributed by atoms with Gasteiger partial charge in [0, 0.05) is 11.5 Å². The van der Waals surface area contributed by atoms with Crippen molar-refractivity contribution in [3.8, 4) is 0 Å². The van der Waals surface area contributed by atoms with Crippen LogP contribution in [0, 0.1) is 0 Å². The van der Waals surface area contributed by atoms with E-state index in [1.807, 2.05) is 0 Å². The first-order chi connectivity index (χ1) is 8.13. The SMILES string of the molecule is O=C[C@H](O)[C@H](O)[C@H](O)CSCCO.O=P(O)(O)O. The van der Waals surface area contributed by atoms with Crippen molar-refractivity contribution in [2.75, 3.05) is 18.1 Å². The summed E-state index contributed by atoms with van der Waals surface area (Å²) in [5.74, 6) is 0.619. The molecule has 7 N–H and O–H groups in total. The summed E-state index contributed by atoms with van der Waals surface area (Å²) < 4.78 is 8.88. The average Bonchev–Trinajstić information content (AvgIpc) is 2.25. The molecule has 0 aliphatic carbocycles. The molecule has 0 fully saturated rings. The monoisotopic (exact) mass is 308 g/mol. The van der Waals surface area contributed by atoms with Crippen molar-refractivity contribution in [1.29, 1.82) is 0 Å². The van der Waals surface area contributed by atoms with Crippen LogP contribution >= 0.6 is 19.6 Å². The Bertz CT molecular complexity index is 249. The molecule has 0 aliphatic heterocycles. The third-order valence-electron chi connectivity index (χ3n) is 1.41. The molecule has 0 saturated carbocycles. The molecule has 0 unspecified atom stereocenters. The van der Waals surface area contributed by atoms with Crippen LogP contribution in [0.1, 0.15) is 0 Å². The van der Waals surface area contributed by atoms with Gasteiger partial charge in [-0.3, -0.25) is 0 Å². The van der Waals surface area contributed by atoms with Crippen LogP contribution in [0.5, 0.6) is 0 Å². The highest BCUT2D eigenvalue weighted by molar-refractivity contribution is 7.99. The number of carbonyl (C=O) groups is 1. The van der Waals surface area contributed by atoms with Crippen LogP contribution in [-0.2, 0) is 9.36 Å². The van der Waals surface area contributed by atoms with Gasteiger partial charge in [0.1, 0.15) is 12.2 Å². The number of thioether (sulfide) groups is 1. The normalized spacial score (nSPS) is 16.2. The van der Waals surface area contributed by atoms with Gasteiger partial charge in [-0.25, -0.2) is 4.57 Å². The number of aliphatic hydroxyl groups is 4. The van der Waals surface area contributed by atoms with E-state index in [0.717, 1.165) is 0 Å². The van der Waals surface area contributed by atoms with Crippen LogP contribution in [0.4, 0.5) is 0 Å². The summed E-state index contributed by atoms with van der Waals surface area (Å²) in [7, 11) is -4.64. The van der Waals surface area contributed by atoms with E-state index in [1.54, 1.807) is 0 Å². The number of hydrogen-bond acceptors (Lipinski definition) is 7. The fourth-order valence-corrected chi connectivity index (χ4v) is 1.41. The van der Waals surface area contributed by atoms with Crippen molar-refractivity contribution in [3.05, 3.63) is 0 Å². The van der Waals surface area contributed by atoms with E-state index in [2.05, 4.69) is 0 Å². The topological polar surface area (TPSA) is 176 Å². The third-order valence-corrected chi connectivity index (χ3v) is 2.46. The summed E-state index contributed by atoms with van der Waals surface area (Å²) in [4.78, 5) is 31.6. The van der Waals surface area contributed by atoms with Gasteiger partial charge in [0.05, 0.1) is 12.7 Å². The Labute approximate surface area is 107 Å². The van der Waals surface area contributed by atoms with Gasteiger partial charge in [-0.2, -0.15) is 11.8 Å². The molecule has 0 heterocycles. The minimum Gasteiger partial charge on any atom is -0.396 e. The molecule has 0 aromatic rings. The van der Waals surface area contributed by atoms with Gasteiger partial charge in [0.2, 0.25) is 0 Å². The molecule has 0 aromatic carbocycles. The lowest BCUT2D eigenvalue weighted by molar-refractivity contribution is -0.124. The predicted octanol–water partition coefficient (Wildman–Crippen LogP) is -2.94. The van der Waals surface area contributed by atoms with Crippen molar-refractivity contribution in [2.45, 2.75) is 18.3 Å². The Morgan fingerprint density at radius 3 is 1.94 bits per heavy atom. The lowest BCUT2D eigenvalue weighted by Crippen LogP contribution is -2.39. The summed E-state index contributed by atoms with van der Waals surface area (Å²) in [6, 6.07) is 0. The second-order valence-corrected chi connectivity index (χ2v) is 5.17. The number of rotatable bonds is 7. The molecular formula is C7H17O9PS. The maximum Gasteiger partial charge on any atom is 0.466 e. The fraction of sp³-hybridized carbons (Fsp3) is 0.857. The second-order valence-electron chi connectivity index (χ2n) is 3.00. The van der Waals surface area contributed by atoms with Gasteiger partial charge in [-0.1, -0.05) is 0 Å². The lowest BCUT2D eigenvalue weighted by atomic mass is 10.1. The van der Waals surface area contributed by atoms with Crippen molar-refractivity contribution in [1.82, 2.24) is 0 Å². The summed E-state index contributed by atoms with van der Waals surface area (Å²) >= 11 is 1.23. The van der Waals surface area contributed by atoms with E-state index in [0.29, 0.717) is 5.75 Å². The second kappa shape index (κ2) is 10.9. The van der Waals surface area contributed by atoms with E-state index in [4.69, 9.17) is 34.6 Å². The van der Waals surface area contributed by atoms with Crippen LogP contribution in [0.2, 0.25) is 0 Å². The Hall–Kier alpha value is -0.0300. The van der Waals surface area contributed by atoms with Crippen LogP contribution in [0.25, 0.3) is 0 Å². The molecule has 3 atom stereocenters. The maximum atomic E-state index is 10.0. The zero-order valence-corrected chi connectivity index (χ0v) is 10.9. The summed E-state index contributed by atoms with van der Waals surface area (Å²) in [6.07, 6.45) is -3.99. The minimum absolute atomic E-state index is 0.0102. The van der Waals surface area contributed by atoms with Gasteiger partial charge < -0.3 is 39.9 Å². The third kappa shape index (κ3) is 16.0. The molecular weight excluding hydrogens is 291 g/mol. The van der Waals surface area contributed by atoms with Crippen molar-refractivity contribution >= 4 is 25.9 Å². The Kier molecular flexibility index (Phi) is 12.2. The number of hydrogen-bond donors (Lipinski definition) is 7. The summed E-state index contributed by atoms with van der Waals surface area (Å²) in [6.45, 7) is -0.0102.